The van der Waals surface area contributed by atoms with Crippen LogP contribution < -0.4 is 10.6 Å². The van der Waals surface area contributed by atoms with Crippen molar-refractivity contribution in [2.45, 2.75) is 26.6 Å². The molecule has 0 radical (unpaired) electrons. The third-order valence-electron chi connectivity index (χ3n) is 4.01. The summed E-state index contributed by atoms with van der Waals surface area (Å²) in [5.74, 6) is 0.476. The van der Waals surface area contributed by atoms with Gasteiger partial charge in [0, 0.05) is 25.5 Å². The Morgan fingerprint density at radius 1 is 1.04 bits per heavy atom. The van der Waals surface area contributed by atoms with Crippen LogP contribution in [-0.2, 0) is 19.6 Å². The van der Waals surface area contributed by atoms with Gasteiger partial charge in [0.2, 0.25) is 0 Å². The van der Waals surface area contributed by atoms with Crippen molar-refractivity contribution in [2.24, 2.45) is 4.99 Å². The van der Waals surface area contributed by atoms with E-state index in [1.165, 1.54) is 17.7 Å². The van der Waals surface area contributed by atoms with Gasteiger partial charge in [0.25, 0.3) is 0 Å². The highest BCUT2D eigenvalue weighted by molar-refractivity contribution is 5.79. The zero-order chi connectivity index (χ0) is 18.9. The molecule has 1 aromatic heterocycles. The van der Waals surface area contributed by atoms with Gasteiger partial charge in [-0.3, -0.25) is 4.68 Å². The average Bonchev–Trinajstić information content (AvgIpc) is 3.17. The van der Waals surface area contributed by atoms with Gasteiger partial charge < -0.3 is 10.6 Å². The van der Waals surface area contributed by atoms with E-state index < -0.39 is 0 Å². The smallest absolute Gasteiger partial charge is 0.191 e. The Hall–Kier alpha value is -3.15. The zero-order valence-corrected chi connectivity index (χ0v) is 15.4. The van der Waals surface area contributed by atoms with Crippen LogP contribution in [0.4, 0.5) is 4.39 Å². The van der Waals surface area contributed by atoms with E-state index in [0.29, 0.717) is 19.0 Å². The van der Waals surface area contributed by atoms with Gasteiger partial charge in [-0.2, -0.15) is 5.10 Å². The standard InChI is InChI=1S/C21H24FN5/c1-2-23-21(25-15-18-7-4-9-20(22)13-18)24-14-17-6-3-8-19(12-17)16-27-11-5-10-26-27/h3-13H,2,14-16H2,1H3,(H2,23,24,25). The van der Waals surface area contributed by atoms with E-state index in [4.69, 9.17) is 0 Å². The van der Waals surface area contributed by atoms with E-state index in [2.05, 4.69) is 38.9 Å². The molecule has 0 fully saturated rings. The maximum atomic E-state index is 13.3. The van der Waals surface area contributed by atoms with Crippen LogP contribution in [-0.4, -0.2) is 22.3 Å². The monoisotopic (exact) mass is 365 g/mol. The summed E-state index contributed by atoms with van der Waals surface area (Å²) in [4.78, 5) is 4.64. The topological polar surface area (TPSA) is 54.2 Å². The van der Waals surface area contributed by atoms with Crippen LogP contribution in [0, 0.1) is 5.82 Å². The molecule has 140 valence electrons. The fraction of sp³-hybridized carbons (Fsp3) is 0.238. The molecule has 5 nitrogen and oxygen atoms in total. The van der Waals surface area contributed by atoms with Crippen molar-refractivity contribution < 1.29 is 4.39 Å². The minimum absolute atomic E-state index is 0.231. The lowest BCUT2D eigenvalue weighted by Gasteiger charge is -2.12. The van der Waals surface area contributed by atoms with Crippen LogP contribution in [0.15, 0.2) is 72.0 Å². The second-order valence-electron chi connectivity index (χ2n) is 6.20. The molecule has 3 aromatic rings. The molecule has 0 aliphatic heterocycles. The number of aromatic nitrogens is 2. The summed E-state index contributed by atoms with van der Waals surface area (Å²) < 4.78 is 15.2. The van der Waals surface area contributed by atoms with Gasteiger partial charge in [-0.1, -0.05) is 36.4 Å². The van der Waals surface area contributed by atoms with Gasteiger partial charge in [-0.25, -0.2) is 9.38 Å². The van der Waals surface area contributed by atoms with E-state index in [9.17, 15) is 4.39 Å². The van der Waals surface area contributed by atoms with Crippen molar-refractivity contribution >= 4 is 5.96 Å². The summed E-state index contributed by atoms with van der Waals surface area (Å²) in [6, 6.07) is 16.8. The molecule has 2 N–H and O–H groups in total. The number of hydrogen-bond donors (Lipinski definition) is 2. The SMILES string of the molecule is CCNC(=NCc1cccc(Cn2cccn2)c1)NCc1cccc(F)c1. The number of rotatable bonds is 7. The van der Waals surface area contributed by atoms with E-state index in [1.54, 1.807) is 12.3 Å². The number of benzene rings is 2. The summed E-state index contributed by atoms with van der Waals surface area (Å²) in [7, 11) is 0. The summed E-state index contributed by atoms with van der Waals surface area (Å²) in [5.41, 5.74) is 3.19. The predicted molar refractivity (Wildman–Crippen MR) is 106 cm³/mol. The third kappa shape index (κ3) is 5.95. The molecule has 2 aromatic carbocycles. The van der Waals surface area contributed by atoms with E-state index >= 15 is 0 Å². The van der Waals surface area contributed by atoms with Crippen molar-refractivity contribution in [3.05, 3.63) is 89.5 Å². The van der Waals surface area contributed by atoms with Crippen molar-refractivity contribution in [1.29, 1.82) is 0 Å². The molecule has 0 saturated carbocycles. The van der Waals surface area contributed by atoms with Crippen LogP contribution in [0.25, 0.3) is 0 Å². The number of hydrogen-bond acceptors (Lipinski definition) is 2. The molecule has 0 amide bonds. The van der Waals surface area contributed by atoms with Crippen molar-refractivity contribution in [2.75, 3.05) is 6.54 Å². The molecule has 0 atom stereocenters. The highest BCUT2D eigenvalue weighted by Gasteiger charge is 2.01. The molecule has 0 unspecified atom stereocenters. The van der Waals surface area contributed by atoms with Crippen molar-refractivity contribution in [3.63, 3.8) is 0 Å². The molecule has 0 aliphatic carbocycles. The minimum Gasteiger partial charge on any atom is -0.357 e. The predicted octanol–water partition coefficient (Wildman–Crippen LogP) is 3.33. The molecule has 27 heavy (non-hydrogen) atoms. The Morgan fingerprint density at radius 2 is 1.85 bits per heavy atom. The lowest BCUT2D eigenvalue weighted by molar-refractivity contribution is 0.624. The Kier molecular flexibility index (Phi) is 6.57. The molecule has 0 saturated heterocycles. The summed E-state index contributed by atoms with van der Waals surface area (Å²) in [6.07, 6.45) is 3.73. The van der Waals surface area contributed by atoms with Crippen molar-refractivity contribution in [3.8, 4) is 0 Å². The first-order chi connectivity index (χ1) is 13.2. The number of halogens is 1. The Morgan fingerprint density at radius 3 is 2.63 bits per heavy atom. The molecule has 0 aliphatic rings. The van der Waals surface area contributed by atoms with Gasteiger partial charge in [0.15, 0.2) is 5.96 Å². The lowest BCUT2D eigenvalue weighted by atomic mass is 10.1. The second kappa shape index (κ2) is 9.52. The maximum absolute atomic E-state index is 13.3. The number of aliphatic imine (C=N–C) groups is 1. The molecule has 0 spiro atoms. The van der Waals surface area contributed by atoms with Crippen LogP contribution in [0.2, 0.25) is 0 Å². The van der Waals surface area contributed by atoms with E-state index in [-0.39, 0.29) is 5.82 Å². The molecule has 0 bridgehead atoms. The molecule has 3 rings (SSSR count). The molecular weight excluding hydrogens is 341 g/mol. The normalized spacial score (nSPS) is 11.4. The fourth-order valence-corrected chi connectivity index (χ4v) is 2.75. The molecule has 1 heterocycles. The first-order valence-corrected chi connectivity index (χ1v) is 9.05. The highest BCUT2D eigenvalue weighted by atomic mass is 19.1. The van der Waals surface area contributed by atoms with E-state index in [1.807, 2.05) is 36.0 Å². The maximum Gasteiger partial charge on any atom is 0.191 e. The number of guanidine groups is 1. The van der Waals surface area contributed by atoms with Crippen LogP contribution >= 0.6 is 0 Å². The van der Waals surface area contributed by atoms with Crippen LogP contribution in [0.3, 0.4) is 0 Å². The second-order valence-corrected chi connectivity index (χ2v) is 6.20. The Bertz CT molecular complexity index is 874. The zero-order valence-electron chi connectivity index (χ0n) is 15.4. The van der Waals surface area contributed by atoms with Gasteiger partial charge in [-0.15, -0.1) is 0 Å². The van der Waals surface area contributed by atoms with Gasteiger partial charge in [-0.05, 0) is 41.8 Å². The fourth-order valence-electron chi connectivity index (χ4n) is 2.75. The summed E-state index contributed by atoms with van der Waals surface area (Å²) in [5, 5.41) is 10.7. The number of nitrogens with one attached hydrogen (secondary N) is 2. The highest BCUT2D eigenvalue weighted by Crippen LogP contribution is 2.08. The Balaban J connectivity index is 1.62. The first-order valence-electron chi connectivity index (χ1n) is 9.05. The first kappa shape index (κ1) is 18.6. The van der Waals surface area contributed by atoms with Gasteiger partial charge >= 0.3 is 0 Å². The number of nitrogens with zero attached hydrogens (tertiary/aromatic N) is 3. The molecule has 6 heteroatoms. The minimum atomic E-state index is -0.231. The quantitative estimate of drug-likeness (QED) is 0.499. The van der Waals surface area contributed by atoms with Crippen LogP contribution in [0.1, 0.15) is 23.6 Å². The van der Waals surface area contributed by atoms with Gasteiger partial charge in [0.1, 0.15) is 5.82 Å². The van der Waals surface area contributed by atoms with Gasteiger partial charge in [0.05, 0.1) is 13.1 Å². The van der Waals surface area contributed by atoms with Crippen LogP contribution in [0.5, 0.6) is 0 Å². The Labute approximate surface area is 159 Å². The largest absolute Gasteiger partial charge is 0.357 e. The summed E-state index contributed by atoms with van der Waals surface area (Å²) >= 11 is 0. The summed E-state index contributed by atoms with van der Waals surface area (Å²) in [6.45, 7) is 4.59. The molecular formula is C21H24FN5. The van der Waals surface area contributed by atoms with Crippen molar-refractivity contribution in [1.82, 2.24) is 20.4 Å². The van der Waals surface area contributed by atoms with E-state index in [0.717, 1.165) is 24.2 Å². The lowest BCUT2D eigenvalue weighted by Crippen LogP contribution is -2.36. The average molecular weight is 365 g/mol. The third-order valence-corrected chi connectivity index (χ3v) is 4.01.